The van der Waals surface area contributed by atoms with Crippen molar-refractivity contribution in [3.63, 3.8) is 0 Å². The van der Waals surface area contributed by atoms with Gasteiger partial charge in [-0.2, -0.15) is 0 Å². The number of anilines is 1. The fourth-order valence-corrected chi connectivity index (χ4v) is 3.25. The van der Waals surface area contributed by atoms with Gasteiger partial charge in [0.1, 0.15) is 0 Å². The zero-order valence-corrected chi connectivity index (χ0v) is 14.2. The molecule has 0 bridgehead atoms. The molecule has 1 aromatic carbocycles. The molecule has 2 rings (SSSR count). The summed E-state index contributed by atoms with van der Waals surface area (Å²) in [7, 11) is 2.22. The maximum absolute atomic E-state index is 6.19. The number of nitrogens with zero attached hydrogens (tertiary/aromatic N) is 2. The van der Waals surface area contributed by atoms with E-state index in [0.29, 0.717) is 6.04 Å². The van der Waals surface area contributed by atoms with Crippen LogP contribution in [0.5, 0.6) is 0 Å². The fourth-order valence-electron chi connectivity index (χ4n) is 3.06. The van der Waals surface area contributed by atoms with Crippen molar-refractivity contribution < 1.29 is 0 Å². The third-order valence-electron chi connectivity index (χ3n) is 4.64. The molecule has 0 amide bonds. The highest BCUT2D eigenvalue weighted by molar-refractivity contribution is 6.30. The highest BCUT2D eigenvalue weighted by Gasteiger charge is 2.24. The largest absolute Gasteiger partial charge is 0.368 e. The highest BCUT2D eigenvalue weighted by atomic mass is 35.5. The molecule has 2 atom stereocenters. The number of benzene rings is 1. The lowest BCUT2D eigenvalue weighted by molar-refractivity contribution is 0.213. The summed E-state index contributed by atoms with van der Waals surface area (Å²) < 4.78 is 0. The van der Waals surface area contributed by atoms with E-state index in [1.54, 1.807) is 0 Å². The van der Waals surface area contributed by atoms with Gasteiger partial charge in [-0.25, -0.2) is 0 Å². The molecular formula is C17H28ClN3. The smallest absolute Gasteiger partial charge is 0.0410 e. The van der Waals surface area contributed by atoms with E-state index in [1.807, 2.05) is 6.07 Å². The predicted molar refractivity (Wildman–Crippen MR) is 92.3 cm³/mol. The summed E-state index contributed by atoms with van der Waals surface area (Å²) in [6.07, 6.45) is 3.08. The van der Waals surface area contributed by atoms with Crippen molar-refractivity contribution in [3.8, 4) is 0 Å². The average Bonchev–Trinajstić information content (AvgIpc) is 2.48. The first kappa shape index (κ1) is 16.6. The molecule has 0 radical (unpaired) electrons. The number of nitrogens with two attached hydrogens (primary N) is 1. The van der Waals surface area contributed by atoms with E-state index in [1.165, 1.54) is 17.7 Å². The van der Waals surface area contributed by atoms with Gasteiger partial charge >= 0.3 is 0 Å². The second kappa shape index (κ2) is 7.48. The topological polar surface area (TPSA) is 32.5 Å². The van der Waals surface area contributed by atoms with Gasteiger partial charge in [0.05, 0.1) is 0 Å². The van der Waals surface area contributed by atoms with Gasteiger partial charge in [0, 0.05) is 42.4 Å². The van der Waals surface area contributed by atoms with Gasteiger partial charge in [0.15, 0.2) is 0 Å². The highest BCUT2D eigenvalue weighted by Crippen LogP contribution is 2.28. The summed E-state index contributed by atoms with van der Waals surface area (Å²) in [5.74, 6) is 0. The van der Waals surface area contributed by atoms with Crippen LogP contribution < -0.4 is 10.6 Å². The third kappa shape index (κ3) is 4.12. The van der Waals surface area contributed by atoms with Crippen LogP contribution in [0.2, 0.25) is 5.02 Å². The summed E-state index contributed by atoms with van der Waals surface area (Å²) in [6.45, 7) is 7.67. The van der Waals surface area contributed by atoms with Crippen molar-refractivity contribution in [2.75, 3.05) is 31.6 Å². The van der Waals surface area contributed by atoms with Crippen LogP contribution in [0.25, 0.3) is 0 Å². The summed E-state index contributed by atoms with van der Waals surface area (Å²) >= 11 is 6.19. The summed E-state index contributed by atoms with van der Waals surface area (Å²) in [5, 5.41) is 0.804. The normalized spacial score (nSPS) is 21.6. The van der Waals surface area contributed by atoms with E-state index in [0.717, 1.165) is 37.5 Å². The standard InChI is InChI=1S/C17H28ClN3/c1-4-15(19)11-13-10-14(18)6-7-17(13)21-9-8-20(3)16(5-2)12-21/h6-7,10,15-16H,4-5,8-9,11-12,19H2,1-3H3. The molecule has 1 aromatic rings. The summed E-state index contributed by atoms with van der Waals surface area (Å²) in [6, 6.07) is 7.08. The molecule has 1 aliphatic heterocycles. The van der Waals surface area contributed by atoms with Crippen molar-refractivity contribution in [2.45, 2.75) is 45.2 Å². The van der Waals surface area contributed by atoms with Gasteiger partial charge in [-0.3, -0.25) is 4.90 Å². The molecule has 2 unspecified atom stereocenters. The lowest BCUT2D eigenvalue weighted by atomic mass is 10.0. The Bertz CT molecular complexity index is 463. The zero-order valence-electron chi connectivity index (χ0n) is 13.5. The van der Waals surface area contributed by atoms with Crippen LogP contribution in [0.4, 0.5) is 5.69 Å². The van der Waals surface area contributed by atoms with Crippen LogP contribution in [-0.4, -0.2) is 43.7 Å². The first-order valence-electron chi connectivity index (χ1n) is 8.04. The first-order chi connectivity index (χ1) is 10.0. The number of hydrogen-bond acceptors (Lipinski definition) is 3. The van der Waals surface area contributed by atoms with Crippen LogP contribution in [0.1, 0.15) is 32.3 Å². The Morgan fingerprint density at radius 2 is 2.10 bits per heavy atom. The monoisotopic (exact) mass is 309 g/mol. The van der Waals surface area contributed by atoms with Gasteiger partial charge in [-0.15, -0.1) is 0 Å². The van der Waals surface area contributed by atoms with E-state index >= 15 is 0 Å². The SMILES string of the molecule is CCC(N)Cc1cc(Cl)ccc1N1CCN(C)C(CC)C1. The van der Waals surface area contributed by atoms with Crippen molar-refractivity contribution >= 4 is 17.3 Å². The molecule has 2 N–H and O–H groups in total. The summed E-state index contributed by atoms with van der Waals surface area (Å²) in [4.78, 5) is 4.96. The minimum atomic E-state index is 0.205. The van der Waals surface area contributed by atoms with Crippen LogP contribution in [0, 0.1) is 0 Å². The number of hydrogen-bond donors (Lipinski definition) is 1. The Labute approximate surface area is 134 Å². The Morgan fingerprint density at radius 3 is 2.76 bits per heavy atom. The molecule has 21 heavy (non-hydrogen) atoms. The molecule has 0 aromatic heterocycles. The van der Waals surface area contributed by atoms with E-state index in [4.69, 9.17) is 17.3 Å². The molecule has 0 saturated carbocycles. The Balaban J connectivity index is 2.22. The van der Waals surface area contributed by atoms with Gasteiger partial charge in [0.25, 0.3) is 0 Å². The van der Waals surface area contributed by atoms with Gasteiger partial charge < -0.3 is 10.6 Å². The zero-order chi connectivity index (χ0) is 15.4. The van der Waals surface area contributed by atoms with Crippen molar-refractivity contribution in [3.05, 3.63) is 28.8 Å². The summed E-state index contributed by atoms with van der Waals surface area (Å²) in [5.41, 5.74) is 8.76. The fraction of sp³-hybridized carbons (Fsp3) is 0.647. The van der Waals surface area contributed by atoms with Crippen LogP contribution in [0.15, 0.2) is 18.2 Å². The molecule has 0 spiro atoms. The lowest BCUT2D eigenvalue weighted by Crippen LogP contribution is -2.51. The van der Waals surface area contributed by atoms with Gasteiger partial charge in [0.2, 0.25) is 0 Å². The quantitative estimate of drug-likeness (QED) is 0.907. The number of rotatable bonds is 5. The maximum Gasteiger partial charge on any atom is 0.0410 e. The minimum Gasteiger partial charge on any atom is -0.368 e. The first-order valence-corrected chi connectivity index (χ1v) is 8.42. The number of piperazine rings is 1. The molecule has 3 nitrogen and oxygen atoms in total. The molecule has 1 heterocycles. The minimum absolute atomic E-state index is 0.205. The number of likely N-dealkylation sites (N-methyl/N-ethyl adjacent to an activating group) is 1. The van der Waals surface area contributed by atoms with Crippen molar-refractivity contribution in [1.29, 1.82) is 0 Å². The molecule has 1 fully saturated rings. The van der Waals surface area contributed by atoms with Gasteiger partial charge in [-0.05, 0) is 50.1 Å². The predicted octanol–water partition coefficient (Wildman–Crippen LogP) is 3.15. The Morgan fingerprint density at radius 1 is 1.33 bits per heavy atom. The molecule has 0 aliphatic carbocycles. The third-order valence-corrected chi connectivity index (χ3v) is 4.87. The molecule has 1 aliphatic rings. The average molecular weight is 310 g/mol. The van der Waals surface area contributed by atoms with Crippen LogP contribution >= 0.6 is 11.6 Å². The Hall–Kier alpha value is -0.770. The van der Waals surface area contributed by atoms with E-state index < -0.39 is 0 Å². The van der Waals surface area contributed by atoms with Crippen molar-refractivity contribution in [1.82, 2.24) is 4.90 Å². The molecular weight excluding hydrogens is 282 g/mol. The second-order valence-electron chi connectivity index (χ2n) is 6.13. The molecule has 4 heteroatoms. The van der Waals surface area contributed by atoms with Crippen LogP contribution in [0.3, 0.4) is 0 Å². The van der Waals surface area contributed by atoms with E-state index in [2.05, 4.69) is 42.8 Å². The second-order valence-corrected chi connectivity index (χ2v) is 6.57. The molecule has 118 valence electrons. The van der Waals surface area contributed by atoms with E-state index in [9.17, 15) is 0 Å². The van der Waals surface area contributed by atoms with Crippen LogP contribution in [-0.2, 0) is 6.42 Å². The van der Waals surface area contributed by atoms with E-state index in [-0.39, 0.29) is 6.04 Å². The maximum atomic E-state index is 6.19. The number of halogens is 1. The van der Waals surface area contributed by atoms with Crippen molar-refractivity contribution in [2.24, 2.45) is 5.73 Å². The Kier molecular flexibility index (Phi) is 5.91. The van der Waals surface area contributed by atoms with Gasteiger partial charge in [-0.1, -0.05) is 25.4 Å². The molecule has 1 saturated heterocycles. The lowest BCUT2D eigenvalue weighted by Gasteiger charge is -2.41.